The molecule has 0 aliphatic rings. The fraction of sp³-hybridized carbons (Fsp3) is 0.100. The van der Waals surface area contributed by atoms with Crippen molar-refractivity contribution < 1.29 is 22.7 Å². The maximum absolute atomic E-state index is 13.1. The lowest BCUT2D eigenvalue weighted by atomic mass is 10.0. The van der Waals surface area contributed by atoms with Crippen LogP contribution < -0.4 is 0 Å². The third-order valence-electron chi connectivity index (χ3n) is 3.71. The largest absolute Gasteiger partial charge is 0.465 e. The SMILES string of the molecule is COC(=O)c1cc(SC(F)(F)F)c(-c2ccccc2)nc1-c1ccccc1. The minimum atomic E-state index is -4.52. The fourth-order valence-electron chi connectivity index (χ4n) is 2.58. The van der Waals surface area contributed by atoms with Crippen LogP contribution in [-0.2, 0) is 4.74 Å². The average Bonchev–Trinajstić information content (AvgIpc) is 2.67. The zero-order chi connectivity index (χ0) is 19.4. The monoisotopic (exact) mass is 389 g/mol. The van der Waals surface area contributed by atoms with Crippen LogP contribution in [0.2, 0.25) is 0 Å². The minimum absolute atomic E-state index is 0.0184. The average molecular weight is 389 g/mol. The fourth-order valence-corrected chi connectivity index (χ4v) is 3.27. The Morgan fingerprint density at radius 3 is 1.93 bits per heavy atom. The van der Waals surface area contributed by atoms with E-state index in [2.05, 4.69) is 4.98 Å². The predicted molar refractivity (Wildman–Crippen MR) is 98.4 cm³/mol. The summed E-state index contributed by atoms with van der Waals surface area (Å²) in [4.78, 5) is 16.5. The van der Waals surface area contributed by atoms with Crippen LogP contribution in [0.5, 0.6) is 0 Å². The Hall–Kier alpha value is -2.80. The van der Waals surface area contributed by atoms with E-state index in [4.69, 9.17) is 4.74 Å². The van der Waals surface area contributed by atoms with Crippen molar-refractivity contribution >= 4 is 17.7 Å². The number of carbonyl (C=O) groups excluding carboxylic acids is 1. The summed E-state index contributed by atoms with van der Waals surface area (Å²) in [6, 6.07) is 18.5. The second-order valence-electron chi connectivity index (χ2n) is 5.50. The van der Waals surface area contributed by atoms with Crippen LogP contribution in [0.25, 0.3) is 22.5 Å². The lowest BCUT2D eigenvalue weighted by Crippen LogP contribution is -2.08. The van der Waals surface area contributed by atoms with Gasteiger partial charge in [-0.3, -0.25) is 0 Å². The number of aromatic nitrogens is 1. The Bertz CT molecular complexity index is 945. The van der Waals surface area contributed by atoms with Crippen LogP contribution in [0.3, 0.4) is 0 Å². The van der Waals surface area contributed by atoms with Crippen LogP contribution in [-0.4, -0.2) is 23.6 Å². The minimum Gasteiger partial charge on any atom is -0.465 e. The highest BCUT2D eigenvalue weighted by Gasteiger charge is 2.32. The second kappa shape index (κ2) is 7.84. The van der Waals surface area contributed by atoms with E-state index in [9.17, 15) is 18.0 Å². The number of esters is 1. The molecule has 1 heterocycles. The number of rotatable bonds is 4. The highest BCUT2D eigenvalue weighted by Crippen LogP contribution is 2.43. The van der Waals surface area contributed by atoms with Gasteiger partial charge in [0.15, 0.2) is 0 Å². The summed E-state index contributed by atoms with van der Waals surface area (Å²) in [6.45, 7) is 0. The Kier molecular flexibility index (Phi) is 5.51. The summed E-state index contributed by atoms with van der Waals surface area (Å²) in [7, 11) is 1.18. The summed E-state index contributed by atoms with van der Waals surface area (Å²) < 4.78 is 44.0. The number of carbonyl (C=O) groups is 1. The summed E-state index contributed by atoms with van der Waals surface area (Å²) in [5.74, 6) is -0.745. The molecule has 0 amide bonds. The number of hydrogen-bond acceptors (Lipinski definition) is 4. The molecule has 3 aromatic rings. The van der Waals surface area contributed by atoms with Crippen molar-refractivity contribution in [3.05, 3.63) is 72.3 Å². The summed E-state index contributed by atoms with van der Waals surface area (Å²) in [5.41, 5.74) is -2.98. The van der Waals surface area contributed by atoms with Crippen molar-refractivity contribution in [3.8, 4) is 22.5 Å². The molecule has 0 spiro atoms. The number of pyridine rings is 1. The molecule has 7 heteroatoms. The number of methoxy groups -OCH3 is 1. The third kappa shape index (κ3) is 4.49. The van der Waals surface area contributed by atoms with Gasteiger partial charge < -0.3 is 4.74 Å². The molecule has 2 aromatic carbocycles. The second-order valence-corrected chi connectivity index (χ2v) is 6.61. The Balaban J connectivity index is 2.29. The van der Waals surface area contributed by atoms with Crippen molar-refractivity contribution in [2.45, 2.75) is 10.4 Å². The first kappa shape index (κ1) is 19.0. The highest BCUT2D eigenvalue weighted by molar-refractivity contribution is 8.00. The summed E-state index contributed by atoms with van der Waals surface area (Å²) >= 11 is -0.302. The maximum Gasteiger partial charge on any atom is 0.446 e. The van der Waals surface area contributed by atoms with E-state index in [1.807, 2.05) is 0 Å². The molecule has 0 unspecified atom stereocenters. The molecule has 3 nitrogen and oxygen atoms in total. The van der Waals surface area contributed by atoms with Gasteiger partial charge in [-0.15, -0.1) is 0 Å². The molecule has 1 aromatic heterocycles. The van der Waals surface area contributed by atoms with E-state index >= 15 is 0 Å². The summed E-state index contributed by atoms with van der Waals surface area (Å²) in [6.07, 6.45) is 0. The molecule has 0 atom stereocenters. The van der Waals surface area contributed by atoms with E-state index < -0.39 is 11.5 Å². The van der Waals surface area contributed by atoms with Crippen LogP contribution in [0, 0.1) is 0 Å². The highest BCUT2D eigenvalue weighted by atomic mass is 32.2. The van der Waals surface area contributed by atoms with Gasteiger partial charge in [0.1, 0.15) is 0 Å². The number of ether oxygens (including phenoxy) is 1. The molecule has 138 valence electrons. The number of alkyl halides is 3. The van der Waals surface area contributed by atoms with Gasteiger partial charge in [0, 0.05) is 16.0 Å². The van der Waals surface area contributed by atoms with Crippen molar-refractivity contribution in [2.24, 2.45) is 0 Å². The van der Waals surface area contributed by atoms with E-state index in [1.54, 1.807) is 60.7 Å². The molecule has 0 N–H and O–H groups in total. The van der Waals surface area contributed by atoms with Gasteiger partial charge in [-0.2, -0.15) is 13.2 Å². The predicted octanol–water partition coefficient (Wildman–Crippen LogP) is 5.81. The Labute approximate surface area is 158 Å². The van der Waals surface area contributed by atoms with Crippen molar-refractivity contribution in [3.63, 3.8) is 0 Å². The van der Waals surface area contributed by atoms with Crippen molar-refractivity contribution in [1.82, 2.24) is 4.98 Å². The van der Waals surface area contributed by atoms with Crippen molar-refractivity contribution in [2.75, 3.05) is 7.11 Å². The number of nitrogens with zero attached hydrogens (tertiary/aromatic N) is 1. The Morgan fingerprint density at radius 2 is 1.44 bits per heavy atom. The van der Waals surface area contributed by atoms with E-state index in [0.29, 0.717) is 11.1 Å². The van der Waals surface area contributed by atoms with Crippen LogP contribution in [0.4, 0.5) is 13.2 Å². The number of halogens is 3. The number of thioether (sulfide) groups is 1. The summed E-state index contributed by atoms with van der Waals surface area (Å²) in [5, 5.41) is 0. The normalized spacial score (nSPS) is 11.3. The van der Waals surface area contributed by atoms with E-state index in [1.165, 1.54) is 13.2 Å². The van der Waals surface area contributed by atoms with Gasteiger partial charge in [-0.25, -0.2) is 9.78 Å². The van der Waals surface area contributed by atoms with Gasteiger partial charge in [0.25, 0.3) is 0 Å². The van der Waals surface area contributed by atoms with Gasteiger partial charge >= 0.3 is 11.5 Å². The van der Waals surface area contributed by atoms with Gasteiger partial charge in [0.05, 0.1) is 24.1 Å². The topological polar surface area (TPSA) is 39.2 Å². The zero-order valence-corrected chi connectivity index (χ0v) is 15.0. The number of benzene rings is 2. The molecule has 3 rings (SSSR count). The Morgan fingerprint density at radius 1 is 0.926 bits per heavy atom. The van der Waals surface area contributed by atoms with Gasteiger partial charge in [0.2, 0.25) is 0 Å². The molecule has 0 bridgehead atoms. The third-order valence-corrected chi connectivity index (χ3v) is 4.48. The van der Waals surface area contributed by atoms with Crippen molar-refractivity contribution in [1.29, 1.82) is 0 Å². The van der Waals surface area contributed by atoms with Crippen LogP contribution >= 0.6 is 11.8 Å². The van der Waals surface area contributed by atoms with E-state index in [0.717, 1.165) is 0 Å². The lowest BCUT2D eigenvalue weighted by Gasteiger charge is -2.15. The molecule has 27 heavy (non-hydrogen) atoms. The molecule has 0 radical (unpaired) electrons. The van der Waals surface area contributed by atoms with Gasteiger partial charge in [-0.05, 0) is 17.8 Å². The molecule has 0 saturated heterocycles. The van der Waals surface area contributed by atoms with Crippen LogP contribution in [0.15, 0.2) is 71.6 Å². The first-order valence-electron chi connectivity index (χ1n) is 7.89. The molecule has 0 aliphatic carbocycles. The first-order valence-corrected chi connectivity index (χ1v) is 8.70. The first-order chi connectivity index (χ1) is 12.9. The molecule has 0 aliphatic heterocycles. The molecule has 0 saturated carbocycles. The smallest absolute Gasteiger partial charge is 0.446 e. The zero-order valence-electron chi connectivity index (χ0n) is 14.2. The maximum atomic E-state index is 13.1. The molecular weight excluding hydrogens is 375 g/mol. The standard InChI is InChI=1S/C20H14F3NO2S/c1-26-19(25)15-12-16(27-20(21,22)23)18(14-10-6-3-7-11-14)24-17(15)13-8-4-2-5-9-13/h2-12H,1H3. The van der Waals surface area contributed by atoms with E-state index in [-0.39, 0.29) is 33.6 Å². The molecular formula is C20H14F3NO2S. The van der Waals surface area contributed by atoms with Gasteiger partial charge in [-0.1, -0.05) is 60.7 Å². The lowest BCUT2D eigenvalue weighted by molar-refractivity contribution is -0.0328. The molecule has 0 fully saturated rings. The number of hydrogen-bond donors (Lipinski definition) is 0. The quantitative estimate of drug-likeness (QED) is 0.417. The van der Waals surface area contributed by atoms with Crippen LogP contribution in [0.1, 0.15) is 10.4 Å².